The predicted octanol–water partition coefficient (Wildman–Crippen LogP) is 4.13. The van der Waals surface area contributed by atoms with Crippen LogP contribution in [0.3, 0.4) is 0 Å². The van der Waals surface area contributed by atoms with Gasteiger partial charge in [0.2, 0.25) is 0 Å². The Morgan fingerprint density at radius 1 is 1.23 bits per heavy atom. The number of thiocarbonyl (C=S) groups is 1. The van der Waals surface area contributed by atoms with Crippen molar-refractivity contribution in [2.45, 2.75) is 45.4 Å². The second-order valence-corrected chi connectivity index (χ2v) is 4.61. The van der Waals surface area contributed by atoms with Crippen molar-refractivity contribution >= 4 is 39.9 Å². The van der Waals surface area contributed by atoms with E-state index < -0.39 is 0 Å². The van der Waals surface area contributed by atoms with Gasteiger partial charge in [-0.15, -0.1) is 0 Å². The third-order valence-electron chi connectivity index (χ3n) is 1.82. The van der Waals surface area contributed by atoms with Crippen molar-refractivity contribution in [3.63, 3.8) is 0 Å². The van der Waals surface area contributed by atoms with Crippen LogP contribution in [0.1, 0.15) is 45.4 Å². The lowest BCUT2D eigenvalue weighted by molar-refractivity contribution is 0.331. The molecule has 0 unspecified atom stereocenters. The lowest BCUT2D eigenvalue weighted by Gasteiger charge is -2.04. The van der Waals surface area contributed by atoms with E-state index in [0.717, 1.165) is 22.5 Å². The number of rotatable bonds is 8. The molecule has 1 nitrogen and oxygen atoms in total. The highest BCUT2D eigenvalue weighted by Crippen LogP contribution is 2.06. The van der Waals surface area contributed by atoms with E-state index >= 15 is 0 Å². The van der Waals surface area contributed by atoms with Gasteiger partial charge in [-0.05, 0) is 18.6 Å². The first-order valence-corrected chi connectivity index (χ1v) is 6.96. The summed E-state index contributed by atoms with van der Waals surface area (Å²) >= 11 is 7.36. The fourth-order valence-electron chi connectivity index (χ4n) is 1.10. The minimum absolute atomic E-state index is 0.772. The van der Waals surface area contributed by atoms with E-state index in [2.05, 4.69) is 29.5 Å². The van der Waals surface area contributed by atoms with Gasteiger partial charge in [-0.2, -0.15) is 0 Å². The Morgan fingerprint density at radius 3 is 2.54 bits per heavy atom. The molecule has 0 aromatic carbocycles. The Morgan fingerprint density at radius 2 is 1.92 bits per heavy atom. The maximum absolute atomic E-state index is 5.32. The zero-order valence-electron chi connectivity index (χ0n) is 8.35. The summed E-state index contributed by atoms with van der Waals surface area (Å²) < 4.78 is 6.34. The second-order valence-electron chi connectivity index (χ2n) is 3.07. The predicted molar refractivity (Wildman–Crippen MR) is 70.8 cm³/mol. The van der Waals surface area contributed by atoms with E-state index in [9.17, 15) is 0 Å². The third-order valence-corrected chi connectivity index (χ3v) is 2.59. The van der Waals surface area contributed by atoms with Crippen molar-refractivity contribution in [2.75, 3.05) is 11.0 Å². The van der Waals surface area contributed by atoms with Gasteiger partial charge in [-0.1, -0.05) is 55.2 Å². The van der Waals surface area contributed by atoms with E-state index in [-0.39, 0.29) is 0 Å². The first-order chi connectivity index (χ1) is 6.31. The zero-order valence-corrected chi connectivity index (χ0v) is 11.3. The smallest absolute Gasteiger partial charge is 0.159 e. The molecule has 0 amide bonds. The average Bonchev–Trinajstić information content (AvgIpc) is 2.14. The highest BCUT2D eigenvalue weighted by molar-refractivity contribution is 14.1. The maximum Gasteiger partial charge on any atom is 0.159 e. The van der Waals surface area contributed by atoms with Crippen molar-refractivity contribution in [3.05, 3.63) is 0 Å². The summed E-state index contributed by atoms with van der Waals surface area (Å²) in [6.07, 6.45) is 7.44. The summed E-state index contributed by atoms with van der Waals surface area (Å²) in [5, 5.41) is 0.799. The molecule has 0 rings (SSSR count). The molecular weight excluding hydrogens is 295 g/mol. The van der Waals surface area contributed by atoms with Gasteiger partial charge in [0.05, 0.1) is 6.61 Å². The van der Waals surface area contributed by atoms with Gasteiger partial charge in [0.1, 0.15) is 0 Å². The van der Waals surface area contributed by atoms with E-state index in [4.69, 9.17) is 17.0 Å². The maximum atomic E-state index is 5.32. The van der Waals surface area contributed by atoms with Crippen LogP contribution in [0, 0.1) is 0 Å². The van der Waals surface area contributed by atoms with Crippen molar-refractivity contribution < 1.29 is 4.74 Å². The fraction of sp³-hybridized carbons (Fsp3) is 0.900. The molecule has 0 aromatic heterocycles. The van der Waals surface area contributed by atoms with E-state index in [1.165, 1.54) is 32.1 Å². The molecule has 78 valence electrons. The molecule has 0 N–H and O–H groups in total. The summed E-state index contributed by atoms with van der Waals surface area (Å²) in [7, 11) is 0. The second kappa shape index (κ2) is 10.7. The minimum Gasteiger partial charge on any atom is -0.486 e. The third kappa shape index (κ3) is 10.5. The molecule has 0 aliphatic rings. The highest BCUT2D eigenvalue weighted by atomic mass is 127. The lowest BCUT2D eigenvalue weighted by atomic mass is 10.1. The molecule has 0 bridgehead atoms. The summed E-state index contributed by atoms with van der Waals surface area (Å²) in [6, 6.07) is 0. The van der Waals surface area contributed by atoms with Crippen LogP contribution in [0.15, 0.2) is 0 Å². The molecule has 0 aliphatic carbocycles. The zero-order chi connectivity index (χ0) is 9.94. The van der Waals surface area contributed by atoms with Gasteiger partial charge in [0.25, 0.3) is 0 Å². The Hall–Kier alpha value is 0.620. The molecule has 0 heterocycles. The van der Waals surface area contributed by atoms with Gasteiger partial charge < -0.3 is 4.74 Å². The van der Waals surface area contributed by atoms with E-state index in [0.29, 0.717) is 0 Å². The van der Waals surface area contributed by atoms with Gasteiger partial charge in [-0.25, -0.2) is 0 Å². The normalized spacial score (nSPS) is 10.0. The van der Waals surface area contributed by atoms with E-state index in [1.54, 1.807) is 0 Å². The number of ether oxygens (including phenoxy) is 1. The molecule has 13 heavy (non-hydrogen) atoms. The monoisotopic (exact) mass is 314 g/mol. The van der Waals surface area contributed by atoms with Crippen molar-refractivity contribution in [1.82, 2.24) is 0 Å². The number of unbranched alkanes of at least 4 members (excludes halogenated alkanes) is 4. The minimum atomic E-state index is 0.772. The molecule has 0 atom stereocenters. The number of hydrogen-bond donors (Lipinski definition) is 0. The lowest BCUT2D eigenvalue weighted by Crippen LogP contribution is -2.03. The fourth-order valence-corrected chi connectivity index (χ4v) is 1.55. The van der Waals surface area contributed by atoms with Gasteiger partial charge in [0.15, 0.2) is 5.05 Å². The quantitative estimate of drug-likeness (QED) is 0.288. The Balaban J connectivity index is 3.08. The molecule has 0 saturated heterocycles. The number of alkyl halides is 1. The molecule has 3 heteroatoms. The van der Waals surface area contributed by atoms with E-state index in [1.807, 2.05) is 0 Å². The topological polar surface area (TPSA) is 9.23 Å². The Labute approximate surface area is 101 Å². The molecular formula is C10H19IOS. The average molecular weight is 314 g/mol. The van der Waals surface area contributed by atoms with Crippen molar-refractivity contribution in [2.24, 2.45) is 0 Å². The molecule has 0 aliphatic heterocycles. The molecule has 0 fully saturated rings. The van der Waals surface area contributed by atoms with Crippen LogP contribution in [-0.2, 0) is 4.74 Å². The first-order valence-electron chi connectivity index (χ1n) is 5.02. The van der Waals surface area contributed by atoms with Crippen LogP contribution in [0.25, 0.3) is 0 Å². The Kier molecular flexibility index (Phi) is 11.2. The number of hydrogen-bond acceptors (Lipinski definition) is 2. The van der Waals surface area contributed by atoms with Crippen LogP contribution in [-0.4, -0.2) is 16.1 Å². The van der Waals surface area contributed by atoms with Gasteiger partial charge in [0, 0.05) is 10.8 Å². The largest absolute Gasteiger partial charge is 0.486 e. The number of halogens is 1. The molecule has 0 saturated carbocycles. The Bertz CT molecular complexity index is 128. The van der Waals surface area contributed by atoms with Gasteiger partial charge >= 0.3 is 0 Å². The molecule has 0 spiro atoms. The van der Waals surface area contributed by atoms with Crippen LogP contribution < -0.4 is 0 Å². The first kappa shape index (κ1) is 13.6. The van der Waals surface area contributed by atoms with Crippen LogP contribution >= 0.6 is 34.8 Å². The SMILES string of the molecule is CCCCCCCC(=S)OCCI. The summed E-state index contributed by atoms with van der Waals surface area (Å²) in [5.74, 6) is 0. The summed E-state index contributed by atoms with van der Waals surface area (Å²) in [5.41, 5.74) is 0. The standard InChI is InChI=1S/C10H19IOS/c1-2-3-4-5-6-7-10(13)12-9-8-11/h2-9H2,1H3. The summed E-state index contributed by atoms with van der Waals surface area (Å²) in [4.78, 5) is 0. The van der Waals surface area contributed by atoms with Crippen molar-refractivity contribution in [1.29, 1.82) is 0 Å². The molecule has 0 aromatic rings. The van der Waals surface area contributed by atoms with Gasteiger partial charge in [-0.3, -0.25) is 0 Å². The van der Waals surface area contributed by atoms with Crippen LogP contribution in [0.4, 0.5) is 0 Å². The van der Waals surface area contributed by atoms with Crippen molar-refractivity contribution in [3.8, 4) is 0 Å². The van der Waals surface area contributed by atoms with Crippen LogP contribution in [0.5, 0.6) is 0 Å². The van der Waals surface area contributed by atoms with Crippen LogP contribution in [0.2, 0.25) is 0 Å². The highest BCUT2D eigenvalue weighted by Gasteiger charge is 1.96. The summed E-state index contributed by atoms with van der Waals surface area (Å²) in [6.45, 7) is 3.00. The molecule has 0 radical (unpaired) electrons.